The molecule has 0 fully saturated rings. The average Bonchev–Trinajstić information content (AvgIpc) is 2.30. The number of hydrogen-bond donors (Lipinski definition) is 1. The van der Waals surface area contributed by atoms with Crippen molar-refractivity contribution in [2.24, 2.45) is 0 Å². The van der Waals surface area contributed by atoms with Gasteiger partial charge in [0.2, 0.25) is 0 Å². The molecule has 2 nitrogen and oxygen atoms in total. The van der Waals surface area contributed by atoms with Gasteiger partial charge in [-0.2, -0.15) is 0 Å². The van der Waals surface area contributed by atoms with Gasteiger partial charge in [0, 0.05) is 0 Å². The van der Waals surface area contributed by atoms with Crippen LogP contribution in [0.15, 0.2) is 48.5 Å². The molecule has 0 aliphatic carbocycles. The summed E-state index contributed by atoms with van der Waals surface area (Å²) in [7, 11) is 0. The van der Waals surface area contributed by atoms with E-state index in [1.807, 2.05) is 24.3 Å². The second kappa shape index (κ2) is 3.96. The fraction of sp³-hybridized carbons (Fsp3) is 0. The highest BCUT2D eigenvalue weighted by Crippen LogP contribution is 2.18. The van der Waals surface area contributed by atoms with Gasteiger partial charge >= 0.3 is 5.97 Å². The van der Waals surface area contributed by atoms with Crippen molar-refractivity contribution >= 4 is 5.97 Å². The summed E-state index contributed by atoms with van der Waals surface area (Å²) >= 11 is 0. The summed E-state index contributed by atoms with van der Waals surface area (Å²) in [5.41, 5.74) is 2.24. The van der Waals surface area contributed by atoms with Gasteiger partial charge in [0.1, 0.15) is 0 Å². The van der Waals surface area contributed by atoms with Crippen molar-refractivity contribution < 1.29 is 9.90 Å². The molecule has 1 N–H and O–H groups in total. The number of benzene rings is 2. The van der Waals surface area contributed by atoms with Gasteiger partial charge in [-0.3, -0.25) is 0 Å². The molecular formula is C13H9O2. The third-order valence-corrected chi connectivity index (χ3v) is 2.15. The second-order valence-electron chi connectivity index (χ2n) is 3.16. The molecule has 1 radical (unpaired) electrons. The topological polar surface area (TPSA) is 37.3 Å². The van der Waals surface area contributed by atoms with Crippen molar-refractivity contribution in [1.29, 1.82) is 0 Å². The first kappa shape index (κ1) is 9.46. The Balaban J connectivity index is 2.36. The summed E-state index contributed by atoms with van der Waals surface area (Å²) in [6, 6.07) is 17.5. The van der Waals surface area contributed by atoms with Crippen molar-refractivity contribution in [3.05, 3.63) is 60.2 Å². The van der Waals surface area contributed by atoms with Crippen LogP contribution in [0.2, 0.25) is 0 Å². The van der Waals surface area contributed by atoms with Crippen LogP contribution in [-0.2, 0) is 0 Å². The molecule has 0 aromatic heterocycles. The summed E-state index contributed by atoms with van der Waals surface area (Å²) in [6.45, 7) is 0. The maximum absolute atomic E-state index is 10.6. The van der Waals surface area contributed by atoms with Gasteiger partial charge < -0.3 is 5.11 Å². The summed E-state index contributed by atoms with van der Waals surface area (Å²) < 4.78 is 0. The van der Waals surface area contributed by atoms with Crippen LogP contribution in [0.5, 0.6) is 0 Å². The maximum Gasteiger partial charge on any atom is 0.335 e. The van der Waals surface area contributed by atoms with Gasteiger partial charge in [-0.1, -0.05) is 36.4 Å². The molecule has 0 spiro atoms. The Morgan fingerprint density at radius 1 is 1.07 bits per heavy atom. The van der Waals surface area contributed by atoms with Crippen LogP contribution >= 0.6 is 0 Å². The Kier molecular flexibility index (Phi) is 2.50. The van der Waals surface area contributed by atoms with Crippen LogP contribution in [0.4, 0.5) is 0 Å². The van der Waals surface area contributed by atoms with E-state index in [0.717, 1.165) is 11.1 Å². The highest BCUT2D eigenvalue weighted by Gasteiger charge is 2.02. The molecular weight excluding hydrogens is 188 g/mol. The normalized spacial score (nSPS) is 9.87. The van der Waals surface area contributed by atoms with Crippen LogP contribution < -0.4 is 0 Å². The third kappa shape index (κ3) is 2.05. The van der Waals surface area contributed by atoms with Gasteiger partial charge in [-0.15, -0.1) is 0 Å². The molecule has 0 unspecified atom stereocenters. The van der Waals surface area contributed by atoms with E-state index in [1.54, 1.807) is 24.3 Å². The van der Waals surface area contributed by atoms with Crippen molar-refractivity contribution in [3.63, 3.8) is 0 Å². The van der Waals surface area contributed by atoms with Crippen LogP contribution in [0.25, 0.3) is 11.1 Å². The van der Waals surface area contributed by atoms with E-state index in [2.05, 4.69) is 6.07 Å². The van der Waals surface area contributed by atoms with Gasteiger partial charge in [0.25, 0.3) is 0 Å². The molecule has 73 valence electrons. The Morgan fingerprint density at radius 2 is 1.80 bits per heavy atom. The first-order valence-corrected chi connectivity index (χ1v) is 4.58. The smallest absolute Gasteiger partial charge is 0.335 e. The monoisotopic (exact) mass is 197 g/mol. The summed E-state index contributed by atoms with van der Waals surface area (Å²) in [6.07, 6.45) is 0. The van der Waals surface area contributed by atoms with Crippen LogP contribution in [0, 0.1) is 6.07 Å². The molecule has 2 aromatic carbocycles. The predicted molar refractivity (Wildman–Crippen MR) is 57.7 cm³/mol. The molecule has 2 heteroatoms. The third-order valence-electron chi connectivity index (χ3n) is 2.15. The number of aromatic carboxylic acids is 1. The number of rotatable bonds is 2. The van der Waals surface area contributed by atoms with E-state index in [4.69, 9.17) is 5.11 Å². The molecule has 2 rings (SSSR count). The zero-order chi connectivity index (χ0) is 10.7. The zero-order valence-electron chi connectivity index (χ0n) is 7.97. The molecule has 0 saturated heterocycles. The molecule has 2 aromatic rings. The lowest BCUT2D eigenvalue weighted by atomic mass is 10.0. The van der Waals surface area contributed by atoms with Crippen LogP contribution in [0.3, 0.4) is 0 Å². The van der Waals surface area contributed by atoms with Crippen LogP contribution in [0.1, 0.15) is 10.4 Å². The van der Waals surface area contributed by atoms with Crippen LogP contribution in [-0.4, -0.2) is 11.1 Å². The summed E-state index contributed by atoms with van der Waals surface area (Å²) in [5.74, 6) is -0.904. The van der Waals surface area contributed by atoms with Gasteiger partial charge in [0.05, 0.1) is 5.56 Å². The number of carboxylic acid groups (broad SMARTS) is 1. The van der Waals surface area contributed by atoms with Crippen molar-refractivity contribution in [3.8, 4) is 11.1 Å². The summed E-state index contributed by atoms with van der Waals surface area (Å²) in [4.78, 5) is 10.6. The standard InChI is InChI=1S/C13H9O2/c14-13(15)12-8-6-11(7-9-12)10-4-2-1-3-5-10/h1-4,6-9H,(H,14,15). The Labute approximate surface area is 87.8 Å². The molecule has 0 amide bonds. The first-order valence-electron chi connectivity index (χ1n) is 4.58. The van der Waals surface area contributed by atoms with Gasteiger partial charge in [-0.05, 0) is 29.3 Å². The molecule has 0 aliphatic rings. The van der Waals surface area contributed by atoms with E-state index in [0.29, 0.717) is 5.56 Å². The number of carbonyl (C=O) groups is 1. The lowest BCUT2D eigenvalue weighted by Gasteiger charge is -2.00. The molecule has 0 heterocycles. The molecule has 0 aliphatic heterocycles. The van der Waals surface area contributed by atoms with E-state index in [9.17, 15) is 4.79 Å². The quantitative estimate of drug-likeness (QED) is 0.803. The van der Waals surface area contributed by atoms with Crippen molar-refractivity contribution in [1.82, 2.24) is 0 Å². The van der Waals surface area contributed by atoms with Crippen molar-refractivity contribution in [2.75, 3.05) is 0 Å². The number of carboxylic acids is 1. The zero-order valence-corrected chi connectivity index (χ0v) is 7.97. The largest absolute Gasteiger partial charge is 0.478 e. The Hall–Kier alpha value is -2.09. The second-order valence-corrected chi connectivity index (χ2v) is 3.16. The minimum absolute atomic E-state index is 0.301. The highest BCUT2D eigenvalue weighted by molar-refractivity contribution is 5.88. The fourth-order valence-corrected chi connectivity index (χ4v) is 1.37. The minimum atomic E-state index is -0.904. The molecule has 0 atom stereocenters. The molecule has 0 bridgehead atoms. The van der Waals surface area contributed by atoms with E-state index in [1.165, 1.54) is 0 Å². The Morgan fingerprint density at radius 3 is 2.33 bits per heavy atom. The molecule has 15 heavy (non-hydrogen) atoms. The fourth-order valence-electron chi connectivity index (χ4n) is 1.37. The molecule has 0 saturated carbocycles. The lowest BCUT2D eigenvalue weighted by molar-refractivity contribution is 0.0697. The Bertz CT molecular complexity index is 458. The van der Waals surface area contributed by atoms with E-state index in [-0.39, 0.29) is 0 Å². The highest BCUT2D eigenvalue weighted by atomic mass is 16.4. The van der Waals surface area contributed by atoms with Gasteiger partial charge in [0.15, 0.2) is 0 Å². The van der Waals surface area contributed by atoms with E-state index >= 15 is 0 Å². The van der Waals surface area contributed by atoms with E-state index < -0.39 is 5.97 Å². The average molecular weight is 197 g/mol. The maximum atomic E-state index is 10.6. The predicted octanol–water partition coefficient (Wildman–Crippen LogP) is 2.85. The first-order chi connectivity index (χ1) is 7.27. The summed E-state index contributed by atoms with van der Waals surface area (Å²) in [5, 5.41) is 8.74. The van der Waals surface area contributed by atoms with Crippen molar-refractivity contribution in [2.45, 2.75) is 0 Å². The van der Waals surface area contributed by atoms with Gasteiger partial charge in [-0.25, -0.2) is 4.79 Å². The SMILES string of the molecule is O=C(O)c1ccc(-c2[c]cccc2)cc1. The lowest BCUT2D eigenvalue weighted by Crippen LogP contribution is -1.94. The minimum Gasteiger partial charge on any atom is -0.478 e. The number of hydrogen-bond acceptors (Lipinski definition) is 1.